The van der Waals surface area contributed by atoms with Gasteiger partial charge in [0.2, 0.25) is 17.7 Å². The molecule has 4 aliphatic heterocycles. The van der Waals surface area contributed by atoms with Crippen LogP contribution in [-0.4, -0.2) is 127 Å². The van der Waals surface area contributed by atoms with Gasteiger partial charge in [-0.25, -0.2) is 8.78 Å². The van der Waals surface area contributed by atoms with Gasteiger partial charge in [-0.05, 0) is 85.3 Å². The van der Waals surface area contributed by atoms with Gasteiger partial charge in [0.05, 0.1) is 40.0 Å². The van der Waals surface area contributed by atoms with Crippen molar-refractivity contribution in [2.45, 2.75) is 44.2 Å². The zero-order valence-electron chi connectivity index (χ0n) is 35.9. The van der Waals surface area contributed by atoms with E-state index in [4.69, 9.17) is 15.6 Å². The third-order valence-electron chi connectivity index (χ3n) is 12.5. The molecule has 3 fully saturated rings. The van der Waals surface area contributed by atoms with E-state index in [2.05, 4.69) is 31.3 Å². The second-order valence-electron chi connectivity index (χ2n) is 16.9. The van der Waals surface area contributed by atoms with Gasteiger partial charge in [-0.3, -0.25) is 49.0 Å². The van der Waals surface area contributed by atoms with Crippen LogP contribution in [0.25, 0.3) is 22.2 Å². The summed E-state index contributed by atoms with van der Waals surface area (Å²) in [4.78, 5) is 82.3. The van der Waals surface area contributed by atoms with E-state index in [1.165, 1.54) is 18.2 Å². The van der Waals surface area contributed by atoms with Crippen LogP contribution in [0, 0.1) is 11.6 Å². The minimum absolute atomic E-state index is 0.00408. The Morgan fingerprint density at radius 1 is 0.848 bits per heavy atom. The number of hydrogen-bond donors (Lipinski definition) is 6. The molecule has 4 aromatic carbocycles. The molecule has 0 aliphatic carbocycles. The quantitative estimate of drug-likeness (QED) is 0.0696. The lowest BCUT2D eigenvalue weighted by Gasteiger charge is -2.37. The van der Waals surface area contributed by atoms with Gasteiger partial charge in [0.25, 0.3) is 17.7 Å². The van der Waals surface area contributed by atoms with E-state index in [1.807, 2.05) is 29.2 Å². The van der Waals surface area contributed by atoms with Crippen molar-refractivity contribution in [1.82, 2.24) is 30.6 Å². The van der Waals surface area contributed by atoms with Gasteiger partial charge in [0, 0.05) is 87.8 Å². The first-order valence-electron chi connectivity index (χ1n) is 22.0. The Morgan fingerprint density at radius 3 is 2.36 bits per heavy atom. The number of nitrogens with zero attached hydrogens (tertiary/aromatic N) is 4. The van der Waals surface area contributed by atoms with E-state index in [9.17, 15) is 37.5 Å². The van der Waals surface area contributed by atoms with Crippen LogP contribution in [0.2, 0.25) is 0 Å². The number of aromatic nitrogens is 2. The molecule has 6 amide bonds. The largest absolute Gasteiger partial charge is 0.383 e. The molecular weight excluding hydrogens is 855 g/mol. The Hall–Kier alpha value is -7.25. The van der Waals surface area contributed by atoms with Crippen molar-refractivity contribution in [3.8, 4) is 11.3 Å². The van der Waals surface area contributed by atoms with Crippen LogP contribution >= 0.6 is 0 Å². The third-order valence-corrected chi connectivity index (χ3v) is 12.5. The SMILES string of the molecule is NC(=O)c1ccc(N2CCN(CC(=O)NCCNc3cccc4c3C(=O)N(C3CCC(=O)NC3=O)C4=O)CC2)c(-c2n[nH]c3ccc(Cc4cc(F)cc(F)c4)cc23)c1NC1CCOCC1. The highest BCUT2D eigenvalue weighted by atomic mass is 19.1. The molecule has 1 atom stereocenters. The summed E-state index contributed by atoms with van der Waals surface area (Å²) in [6, 6.07) is 16.5. The molecule has 17 nitrogen and oxygen atoms in total. The topological polar surface area (TPSA) is 224 Å². The fraction of sp³-hybridized carbons (Fsp3) is 0.340. The average molecular weight is 903 g/mol. The number of aromatic amines is 1. The molecule has 3 saturated heterocycles. The van der Waals surface area contributed by atoms with Crippen LogP contribution < -0.4 is 31.9 Å². The maximum atomic E-state index is 14.1. The van der Waals surface area contributed by atoms with E-state index in [0.29, 0.717) is 86.0 Å². The summed E-state index contributed by atoms with van der Waals surface area (Å²) in [7, 11) is 0. The zero-order chi connectivity index (χ0) is 46.1. The van der Waals surface area contributed by atoms with Gasteiger partial charge in [0.1, 0.15) is 23.4 Å². The van der Waals surface area contributed by atoms with Crippen LogP contribution in [0.3, 0.4) is 0 Å². The first-order valence-corrected chi connectivity index (χ1v) is 22.0. The molecule has 0 saturated carbocycles. The summed E-state index contributed by atoms with van der Waals surface area (Å²) in [6.45, 7) is 3.87. The summed E-state index contributed by atoms with van der Waals surface area (Å²) >= 11 is 0. The van der Waals surface area contributed by atoms with E-state index >= 15 is 0 Å². The van der Waals surface area contributed by atoms with E-state index in [-0.39, 0.29) is 62.0 Å². The Bertz CT molecular complexity index is 2750. The number of amides is 6. The van der Waals surface area contributed by atoms with Crippen molar-refractivity contribution in [2.24, 2.45) is 5.73 Å². The Kier molecular flexibility index (Phi) is 12.5. The van der Waals surface area contributed by atoms with Gasteiger partial charge < -0.3 is 31.3 Å². The first kappa shape index (κ1) is 44.0. The van der Waals surface area contributed by atoms with Crippen LogP contribution in [-0.2, 0) is 25.5 Å². The fourth-order valence-corrected chi connectivity index (χ4v) is 9.27. The lowest BCUT2D eigenvalue weighted by atomic mass is 9.95. The van der Waals surface area contributed by atoms with Crippen molar-refractivity contribution in [2.75, 3.05) is 74.6 Å². The van der Waals surface area contributed by atoms with Crippen LogP contribution in [0.1, 0.15) is 67.9 Å². The molecule has 0 radical (unpaired) electrons. The zero-order valence-corrected chi connectivity index (χ0v) is 35.9. The molecule has 5 aromatic rings. The minimum atomic E-state index is -1.08. The minimum Gasteiger partial charge on any atom is -0.383 e. The van der Waals surface area contributed by atoms with E-state index < -0.39 is 47.2 Å². The predicted molar refractivity (Wildman–Crippen MR) is 240 cm³/mol. The maximum absolute atomic E-state index is 14.1. The normalized spacial score (nSPS) is 18.1. The average Bonchev–Trinajstić information content (AvgIpc) is 3.82. The number of imide groups is 2. The lowest BCUT2D eigenvalue weighted by Crippen LogP contribution is -2.54. The van der Waals surface area contributed by atoms with Crippen LogP contribution in [0.15, 0.2) is 66.7 Å². The number of benzene rings is 4. The van der Waals surface area contributed by atoms with E-state index in [1.54, 1.807) is 18.2 Å². The number of ether oxygens (including phenoxy) is 1. The van der Waals surface area contributed by atoms with Gasteiger partial charge in [-0.1, -0.05) is 12.1 Å². The molecule has 342 valence electrons. The number of primary amides is 1. The smallest absolute Gasteiger partial charge is 0.264 e. The number of H-pyrrole nitrogens is 1. The Morgan fingerprint density at radius 2 is 1.62 bits per heavy atom. The molecule has 0 bridgehead atoms. The van der Waals surface area contributed by atoms with Crippen LogP contribution in [0.4, 0.5) is 25.8 Å². The number of rotatable bonds is 14. The third kappa shape index (κ3) is 9.03. The number of anilines is 3. The fourth-order valence-electron chi connectivity index (χ4n) is 9.27. The Labute approximate surface area is 377 Å². The van der Waals surface area contributed by atoms with Gasteiger partial charge >= 0.3 is 0 Å². The first-order chi connectivity index (χ1) is 31.9. The lowest BCUT2D eigenvalue weighted by molar-refractivity contribution is -0.136. The molecular formula is C47H48F2N10O7. The summed E-state index contributed by atoms with van der Waals surface area (Å²) in [6.07, 6.45) is 1.78. The summed E-state index contributed by atoms with van der Waals surface area (Å²) < 4.78 is 33.9. The number of carbonyl (C=O) groups excluding carboxylic acids is 6. The maximum Gasteiger partial charge on any atom is 0.264 e. The second-order valence-corrected chi connectivity index (χ2v) is 16.9. The number of hydrogen-bond acceptors (Lipinski definition) is 12. The van der Waals surface area contributed by atoms with Gasteiger partial charge in [-0.15, -0.1) is 0 Å². The molecule has 1 unspecified atom stereocenters. The molecule has 1 aromatic heterocycles. The molecule has 7 N–H and O–H groups in total. The van der Waals surface area contributed by atoms with Crippen LogP contribution in [0.5, 0.6) is 0 Å². The van der Waals surface area contributed by atoms with E-state index in [0.717, 1.165) is 33.1 Å². The number of piperazine rings is 1. The monoisotopic (exact) mass is 902 g/mol. The number of piperidine rings is 1. The molecule has 5 heterocycles. The highest BCUT2D eigenvalue weighted by Gasteiger charge is 2.45. The summed E-state index contributed by atoms with van der Waals surface area (Å²) in [5, 5.41) is 20.6. The molecule has 4 aliphatic rings. The van der Waals surface area contributed by atoms with Crippen molar-refractivity contribution in [1.29, 1.82) is 0 Å². The number of fused-ring (bicyclic) bond motifs is 2. The van der Waals surface area contributed by atoms with Crippen molar-refractivity contribution >= 4 is 63.4 Å². The number of nitrogens with two attached hydrogens (primary N) is 1. The molecule has 0 spiro atoms. The summed E-state index contributed by atoms with van der Waals surface area (Å²) in [5.41, 5.74) is 11.6. The summed E-state index contributed by atoms with van der Waals surface area (Å²) in [5.74, 6) is -4.48. The standard InChI is InChI=1S/C47H48F2N10O7/c48-28-21-27(22-29(49)24-28)20-26-4-6-34-33(23-26)43(56-55-34)41-36(7-5-32(44(50)62)42(41)53-30-10-18-66-19-11-30)58-16-14-57(15-17-58)25-39(61)52-13-12-51-35-3-1-2-31-40(35)47(65)59(46(31)64)37-8-9-38(60)54-45(37)63/h1-7,21-24,30,37,51,53H,8-20,25H2,(H2,50,62)(H,52,61)(H,55,56)(H,54,60,63). The highest BCUT2D eigenvalue weighted by Crippen LogP contribution is 2.43. The van der Waals surface area contributed by atoms with Gasteiger partial charge in [0.15, 0.2) is 0 Å². The molecule has 19 heteroatoms. The highest BCUT2D eigenvalue weighted by molar-refractivity contribution is 6.25. The number of halogens is 2. The second kappa shape index (κ2) is 18.7. The number of carbonyl (C=O) groups is 6. The van der Waals surface area contributed by atoms with Crippen molar-refractivity contribution in [3.05, 3.63) is 106 Å². The molecule has 66 heavy (non-hydrogen) atoms. The Balaban J connectivity index is 0.879. The van der Waals surface area contributed by atoms with Crippen molar-refractivity contribution < 1.29 is 42.3 Å². The van der Waals surface area contributed by atoms with Gasteiger partial charge in [-0.2, -0.15) is 5.10 Å². The number of nitrogens with one attached hydrogen (secondary N) is 5. The predicted octanol–water partition coefficient (Wildman–Crippen LogP) is 3.54. The molecule has 9 rings (SSSR count). The van der Waals surface area contributed by atoms with Crippen molar-refractivity contribution in [3.63, 3.8) is 0 Å².